The number of carbonyl (C=O) groups is 1. The molecule has 1 aliphatic carbocycles. The van der Waals surface area contributed by atoms with Gasteiger partial charge in [-0.25, -0.2) is 0 Å². The molecular weight excluding hydrogens is 206 g/mol. The second-order valence-electron chi connectivity index (χ2n) is 3.36. The van der Waals surface area contributed by atoms with Crippen LogP contribution in [-0.2, 0) is 14.3 Å². The zero-order valence-electron chi connectivity index (χ0n) is 8.62. The summed E-state index contributed by atoms with van der Waals surface area (Å²) in [7, 11) is 0. The van der Waals surface area contributed by atoms with Gasteiger partial charge in [0.2, 0.25) is 0 Å². The molecule has 1 saturated carbocycles. The number of ether oxygens (including phenoxy) is 2. The first-order valence-corrected chi connectivity index (χ1v) is 4.70. The van der Waals surface area contributed by atoms with Gasteiger partial charge in [0.05, 0.1) is 12.7 Å². The molecule has 1 fully saturated rings. The third-order valence-electron chi connectivity index (χ3n) is 2.27. The quantitative estimate of drug-likeness (QED) is 0.719. The van der Waals surface area contributed by atoms with E-state index in [0.717, 1.165) is 0 Å². The van der Waals surface area contributed by atoms with E-state index < -0.39 is 5.54 Å². The van der Waals surface area contributed by atoms with Gasteiger partial charge in [-0.1, -0.05) is 0 Å². The van der Waals surface area contributed by atoms with Gasteiger partial charge in [0.25, 0.3) is 0 Å². The summed E-state index contributed by atoms with van der Waals surface area (Å²) in [5.41, 5.74) is 5.02. The second-order valence-corrected chi connectivity index (χ2v) is 3.36. The van der Waals surface area contributed by atoms with Crippen LogP contribution in [0.2, 0.25) is 0 Å². The summed E-state index contributed by atoms with van der Waals surface area (Å²) >= 11 is 0. The van der Waals surface area contributed by atoms with E-state index in [2.05, 4.69) is 0 Å². The van der Waals surface area contributed by atoms with Crippen molar-refractivity contribution in [3.8, 4) is 0 Å². The van der Waals surface area contributed by atoms with E-state index in [4.69, 9.17) is 15.2 Å². The molecule has 5 heteroatoms. The van der Waals surface area contributed by atoms with Gasteiger partial charge in [0.15, 0.2) is 0 Å². The summed E-state index contributed by atoms with van der Waals surface area (Å²) in [4.78, 5) is 11.3. The average Bonchev–Trinajstić information content (AvgIpc) is 2.02. The molecule has 2 N–H and O–H groups in total. The molecule has 14 heavy (non-hydrogen) atoms. The van der Waals surface area contributed by atoms with Crippen LogP contribution in [0.4, 0.5) is 0 Å². The highest BCUT2D eigenvalue weighted by atomic mass is 35.5. The SMILES string of the molecule is CCOC(=O)C1(N)CC(OCC)C1.Cl. The molecule has 0 saturated heterocycles. The molecule has 0 aromatic rings. The van der Waals surface area contributed by atoms with Crippen molar-refractivity contribution in [1.29, 1.82) is 0 Å². The number of hydrogen-bond acceptors (Lipinski definition) is 4. The maximum atomic E-state index is 11.3. The summed E-state index contributed by atoms with van der Waals surface area (Å²) in [5, 5.41) is 0. The van der Waals surface area contributed by atoms with E-state index in [1.54, 1.807) is 6.92 Å². The van der Waals surface area contributed by atoms with Crippen LogP contribution in [0, 0.1) is 0 Å². The van der Waals surface area contributed by atoms with Crippen LogP contribution in [0.5, 0.6) is 0 Å². The van der Waals surface area contributed by atoms with Crippen molar-refractivity contribution in [2.75, 3.05) is 13.2 Å². The van der Waals surface area contributed by atoms with Crippen LogP contribution < -0.4 is 5.73 Å². The van der Waals surface area contributed by atoms with E-state index in [0.29, 0.717) is 26.1 Å². The van der Waals surface area contributed by atoms with Gasteiger partial charge in [-0.05, 0) is 13.8 Å². The van der Waals surface area contributed by atoms with Crippen molar-refractivity contribution in [2.24, 2.45) is 5.73 Å². The molecule has 0 atom stereocenters. The van der Waals surface area contributed by atoms with E-state index in [-0.39, 0.29) is 24.5 Å². The van der Waals surface area contributed by atoms with Crippen molar-refractivity contribution < 1.29 is 14.3 Å². The molecule has 0 spiro atoms. The lowest BCUT2D eigenvalue weighted by Gasteiger charge is -2.41. The minimum atomic E-state index is -0.782. The lowest BCUT2D eigenvalue weighted by Crippen LogP contribution is -2.61. The molecular formula is C9H18ClNO3. The Balaban J connectivity index is 0.00000169. The topological polar surface area (TPSA) is 61.5 Å². The second kappa shape index (κ2) is 5.53. The summed E-state index contributed by atoms with van der Waals surface area (Å²) in [6.07, 6.45) is 1.30. The monoisotopic (exact) mass is 223 g/mol. The smallest absolute Gasteiger partial charge is 0.326 e. The normalized spacial score (nSPS) is 30.1. The van der Waals surface area contributed by atoms with Crippen molar-refractivity contribution in [1.82, 2.24) is 0 Å². The highest BCUT2D eigenvalue weighted by Crippen LogP contribution is 2.33. The Hall–Kier alpha value is -0.320. The Morgan fingerprint density at radius 1 is 1.43 bits per heavy atom. The first-order chi connectivity index (χ1) is 6.12. The van der Waals surface area contributed by atoms with Gasteiger partial charge in [0, 0.05) is 19.4 Å². The number of halogens is 1. The molecule has 0 aromatic carbocycles. The number of esters is 1. The standard InChI is InChI=1S/C9H17NO3.ClH/c1-3-12-7-5-9(10,6-7)8(11)13-4-2;/h7H,3-6,10H2,1-2H3;1H. The molecule has 1 rings (SSSR count). The Morgan fingerprint density at radius 3 is 2.43 bits per heavy atom. The van der Waals surface area contributed by atoms with Crippen LogP contribution in [0.1, 0.15) is 26.7 Å². The largest absolute Gasteiger partial charge is 0.465 e. The Bertz CT molecular complexity index is 192. The van der Waals surface area contributed by atoms with Crippen molar-refractivity contribution in [3.63, 3.8) is 0 Å². The Labute approximate surface area is 90.5 Å². The van der Waals surface area contributed by atoms with Crippen LogP contribution in [0.3, 0.4) is 0 Å². The summed E-state index contributed by atoms with van der Waals surface area (Å²) in [6.45, 7) is 4.77. The summed E-state index contributed by atoms with van der Waals surface area (Å²) in [6, 6.07) is 0. The van der Waals surface area contributed by atoms with Gasteiger partial charge < -0.3 is 15.2 Å². The van der Waals surface area contributed by atoms with Gasteiger partial charge in [0.1, 0.15) is 5.54 Å². The van der Waals surface area contributed by atoms with E-state index in [1.807, 2.05) is 6.92 Å². The van der Waals surface area contributed by atoms with Gasteiger partial charge >= 0.3 is 5.97 Å². The molecule has 1 aliphatic rings. The molecule has 0 radical (unpaired) electrons. The molecule has 0 aliphatic heterocycles. The van der Waals surface area contributed by atoms with Gasteiger partial charge in [-0.15, -0.1) is 12.4 Å². The molecule has 0 heterocycles. The minimum Gasteiger partial charge on any atom is -0.465 e. The molecule has 4 nitrogen and oxygen atoms in total. The average molecular weight is 224 g/mol. The third kappa shape index (κ3) is 2.83. The predicted molar refractivity (Wildman–Crippen MR) is 55.4 cm³/mol. The fraction of sp³-hybridized carbons (Fsp3) is 0.889. The first kappa shape index (κ1) is 13.7. The van der Waals surface area contributed by atoms with Crippen molar-refractivity contribution in [2.45, 2.75) is 38.3 Å². The van der Waals surface area contributed by atoms with Gasteiger partial charge in [-0.2, -0.15) is 0 Å². The maximum absolute atomic E-state index is 11.3. The lowest BCUT2D eigenvalue weighted by atomic mass is 9.75. The fourth-order valence-corrected chi connectivity index (χ4v) is 1.55. The highest BCUT2D eigenvalue weighted by Gasteiger charge is 2.48. The Morgan fingerprint density at radius 2 is 2.00 bits per heavy atom. The Kier molecular flexibility index (Phi) is 5.41. The van der Waals surface area contributed by atoms with E-state index >= 15 is 0 Å². The number of nitrogens with two attached hydrogens (primary N) is 1. The van der Waals surface area contributed by atoms with Crippen LogP contribution >= 0.6 is 12.4 Å². The van der Waals surface area contributed by atoms with E-state index in [9.17, 15) is 4.79 Å². The predicted octanol–water partition coefficient (Wildman–Crippen LogP) is 0.868. The minimum absolute atomic E-state index is 0. The molecule has 0 amide bonds. The van der Waals surface area contributed by atoms with Crippen molar-refractivity contribution >= 4 is 18.4 Å². The molecule has 84 valence electrons. The molecule has 0 unspecified atom stereocenters. The molecule has 0 aromatic heterocycles. The summed E-state index contributed by atoms with van der Waals surface area (Å²) in [5.74, 6) is -0.300. The zero-order chi connectivity index (χ0) is 9.90. The first-order valence-electron chi connectivity index (χ1n) is 4.70. The number of rotatable bonds is 4. The van der Waals surface area contributed by atoms with Crippen LogP contribution in [0.25, 0.3) is 0 Å². The highest BCUT2D eigenvalue weighted by molar-refractivity contribution is 5.85. The van der Waals surface area contributed by atoms with Crippen LogP contribution in [-0.4, -0.2) is 30.8 Å². The third-order valence-corrected chi connectivity index (χ3v) is 2.27. The fourth-order valence-electron chi connectivity index (χ4n) is 1.55. The van der Waals surface area contributed by atoms with Crippen LogP contribution in [0.15, 0.2) is 0 Å². The van der Waals surface area contributed by atoms with E-state index in [1.165, 1.54) is 0 Å². The number of hydrogen-bond donors (Lipinski definition) is 1. The number of carbonyl (C=O) groups excluding carboxylic acids is 1. The summed E-state index contributed by atoms with van der Waals surface area (Å²) < 4.78 is 10.2. The lowest BCUT2D eigenvalue weighted by molar-refractivity contribution is -0.160. The maximum Gasteiger partial charge on any atom is 0.326 e. The van der Waals surface area contributed by atoms with Crippen molar-refractivity contribution in [3.05, 3.63) is 0 Å². The molecule has 0 bridgehead atoms. The zero-order valence-corrected chi connectivity index (χ0v) is 9.43. The van der Waals surface area contributed by atoms with Gasteiger partial charge in [-0.3, -0.25) is 4.79 Å².